The van der Waals surface area contributed by atoms with E-state index in [0.29, 0.717) is 23.4 Å². The average Bonchev–Trinajstić information content (AvgIpc) is 3.16. The number of hydrogen-bond donors (Lipinski definition) is 0. The van der Waals surface area contributed by atoms with E-state index in [1.165, 1.54) is 18.2 Å². The molecule has 3 unspecified atom stereocenters. The van der Waals surface area contributed by atoms with Crippen molar-refractivity contribution in [2.45, 2.75) is 37.6 Å². The fourth-order valence-electron chi connectivity index (χ4n) is 3.35. The van der Waals surface area contributed by atoms with Gasteiger partial charge in [0.2, 0.25) is 5.91 Å². The third-order valence-electron chi connectivity index (χ3n) is 4.39. The highest BCUT2D eigenvalue weighted by molar-refractivity contribution is 8.00. The van der Waals surface area contributed by atoms with Gasteiger partial charge in [0.15, 0.2) is 16.7 Å². The number of hydrogen-bond acceptors (Lipinski definition) is 5. The van der Waals surface area contributed by atoms with E-state index < -0.39 is 0 Å². The normalized spacial score (nSPS) is 22.6. The Kier molecular flexibility index (Phi) is 4.99. The predicted octanol–water partition coefficient (Wildman–Crippen LogP) is 3.06. The molecule has 0 saturated carbocycles. The third-order valence-corrected chi connectivity index (χ3v) is 5.51. The molecule has 0 radical (unpaired) electrons. The molecule has 3 heterocycles. The lowest BCUT2D eigenvalue weighted by atomic mass is 9.92. The molecule has 1 aliphatic rings. The maximum absolute atomic E-state index is 12.8. The van der Waals surface area contributed by atoms with Crippen LogP contribution in [0.25, 0.3) is 11.6 Å². The number of likely N-dealkylation sites (tertiary alicyclic amines) is 1. The van der Waals surface area contributed by atoms with E-state index >= 15 is 0 Å². The summed E-state index contributed by atoms with van der Waals surface area (Å²) in [5.74, 6) is 2.66. The molecule has 130 valence electrons. The zero-order valence-electron chi connectivity index (χ0n) is 14.6. The molecular weight excluding hydrogens is 324 g/mol. The summed E-state index contributed by atoms with van der Waals surface area (Å²) < 4.78 is 7.25. The number of nitrogens with zero attached hydrogens (tertiary/aromatic N) is 4. The van der Waals surface area contributed by atoms with Crippen molar-refractivity contribution in [3.8, 4) is 11.6 Å². The fourth-order valence-corrected chi connectivity index (χ4v) is 4.25. The Morgan fingerprint density at radius 3 is 2.67 bits per heavy atom. The van der Waals surface area contributed by atoms with E-state index in [9.17, 15) is 4.79 Å². The summed E-state index contributed by atoms with van der Waals surface area (Å²) in [7, 11) is 1.89. The van der Waals surface area contributed by atoms with Gasteiger partial charge in [-0.05, 0) is 37.3 Å². The highest BCUT2D eigenvalue weighted by atomic mass is 32.2. The zero-order valence-corrected chi connectivity index (χ0v) is 15.4. The maximum atomic E-state index is 12.8. The summed E-state index contributed by atoms with van der Waals surface area (Å²) in [6.07, 6.45) is 2.81. The average molecular weight is 348 g/mol. The summed E-state index contributed by atoms with van der Waals surface area (Å²) in [5.41, 5.74) is 0. The standard InChI is InChI=1S/C17H24N4O2S/c1-11-8-12(2)10-21(9-11)16(22)13(3)24-17-19-18-15(20(17)4)14-6-5-7-23-14/h5-7,11-13H,8-10H2,1-4H3. The Morgan fingerprint density at radius 1 is 1.33 bits per heavy atom. The number of carbonyl (C=O) groups excluding carboxylic acids is 1. The zero-order chi connectivity index (χ0) is 17.3. The summed E-state index contributed by atoms with van der Waals surface area (Å²) in [5, 5.41) is 8.93. The van der Waals surface area contributed by atoms with Crippen molar-refractivity contribution >= 4 is 17.7 Å². The van der Waals surface area contributed by atoms with Gasteiger partial charge in [-0.25, -0.2) is 0 Å². The lowest BCUT2D eigenvalue weighted by Gasteiger charge is -2.36. The molecule has 3 atom stereocenters. The number of furan rings is 1. The lowest BCUT2D eigenvalue weighted by molar-refractivity contribution is -0.132. The van der Waals surface area contributed by atoms with Gasteiger partial charge in [0, 0.05) is 20.1 Å². The minimum Gasteiger partial charge on any atom is -0.461 e. The van der Waals surface area contributed by atoms with Gasteiger partial charge in [-0.3, -0.25) is 4.79 Å². The third kappa shape index (κ3) is 3.50. The number of carbonyl (C=O) groups is 1. The lowest BCUT2D eigenvalue weighted by Crippen LogP contribution is -2.45. The molecule has 0 N–H and O–H groups in total. The van der Waals surface area contributed by atoms with Crippen LogP contribution in [0, 0.1) is 11.8 Å². The van der Waals surface area contributed by atoms with Crippen LogP contribution in [0.15, 0.2) is 28.0 Å². The van der Waals surface area contributed by atoms with E-state index in [4.69, 9.17) is 4.42 Å². The van der Waals surface area contributed by atoms with Crippen LogP contribution in [0.5, 0.6) is 0 Å². The van der Waals surface area contributed by atoms with E-state index in [1.807, 2.05) is 35.6 Å². The van der Waals surface area contributed by atoms with Gasteiger partial charge in [0.1, 0.15) is 0 Å². The molecule has 0 aliphatic carbocycles. The molecule has 1 aliphatic heterocycles. The fraction of sp³-hybridized carbons (Fsp3) is 0.588. The Balaban J connectivity index is 1.68. The molecule has 1 fully saturated rings. The summed E-state index contributed by atoms with van der Waals surface area (Å²) in [6.45, 7) is 8.07. The molecule has 6 nitrogen and oxygen atoms in total. The molecule has 1 amide bonds. The molecule has 2 aromatic heterocycles. The molecule has 24 heavy (non-hydrogen) atoms. The smallest absolute Gasteiger partial charge is 0.235 e. The second kappa shape index (κ2) is 7.01. The van der Waals surface area contributed by atoms with Crippen molar-refractivity contribution in [3.63, 3.8) is 0 Å². The number of rotatable bonds is 4. The van der Waals surface area contributed by atoms with Crippen LogP contribution in [0.2, 0.25) is 0 Å². The number of amides is 1. The van der Waals surface area contributed by atoms with Crippen molar-refractivity contribution in [2.75, 3.05) is 13.1 Å². The summed E-state index contributed by atoms with van der Waals surface area (Å²) in [4.78, 5) is 14.8. The Morgan fingerprint density at radius 2 is 2.04 bits per heavy atom. The predicted molar refractivity (Wildman–Crippen MR) is 93.5 cm³/mol. The van der Waals surface area contributed by atoms with Crippen molar-refractivity contribution in [1.29, 1.82) is 0 Å². The molecule has 2 aromatic rings. The van der Waals surface area contributed by atoms with Gasteiger partial charge in [0.25, 0.3) is 0 Å². The largest absolute Gasteiger partial charge is 0.461 e. The highest BCUT2D eigenvalue weighted by Crippen LogP contribution is 2.28. The molecule has 3 rings (SSSR count). The monoisotopic (exact) mass is 348 g/mol. The van der Waals surface area contributed by atoms with Crippen LogP contribution in [-0.2, 0) is 11.8 Å². The van der Waals surface area contributed by atoms with Crippen molar-refractivity contribution < 1.29 is 9.21 Å². The van der Waals surface area contributed by atoms with E-state index in [2.05, 4.69) is 24.0 Å². The van der Waals surface area contributed by atoms with Gasteiger partial charge in [0.05, 0.1) is 11.5 Å². The van der Waals surface area contributed by atoms with Gasteiger partial charge >= 0.3 is 0 Å². The second-order valence-electron chi connectivity index (χ2n) is 6.79. The number of aromatic nitrogens is 3. The topological polar surface area (TPSA) is 64.2 Å². The summed E-state index contributed by atoms with van der Waals surface area (Å²) >= 11 is 1.45. The quantitative estimate of drug-likeness (QED) is 0.795. The van der Waals surface area contributed by atoms with Crippen LogP contribution in [0.3, 0.4) is 0 Å². The Bertz CT molecular complexity index is 688. The minimum absolute atomic E-state index is 0.181. The first-order valence-electron chi connectivity index (χ1n) is 8.34. The molecule has 7 heteroatoms. The second-order valence-corrected chi connectivity index (χ2v) is 8.10. The van der Waals surface area contributed by atoms with Gasteiger partial charge < -0.3 is 13.9 Å². The van der Waals surface area contributed by atoms with Crippen LogP contribution < -0.4 is 0 Å². The van der Waals surface area contributed by atoms with Crippen molar-refractivity contribution in [1.82, 2.24) is 19.7 Å². The molecule has 1 saturated heterocycles. The molecule has 0 aromatic carbocycles. The first kappa shape index (κ1) is 17.1. The SMILES string of the molecule is CC1CC(C)CN(C(=O)C(C)Sc2nnc(-c3ccco3)n2C)C1. The van der Waals surface area contributed by atoms with Crippen molar-refractivity contribution in [2.24, 2.45) is 18.9 Å². The van der Waals surface area contributed by atoms with Gasteiger partial charge in [-0.15, -0.1) is 10.2 Å². The first-order chi connectivity index (χ1) is 11.5. The van der Waals surface area contributed by atoms with Crippen LogP contribution >= 0.6 is 11.8 Å². The van der Waals surface area contributed by atoms with E-state index in [1.54, 1.807) is 6.26 Å². The number of piperidine rings is 1. The Labute approximate surface area is 146 Å². The molecule has 0 bridgehead atoms. The van der Waals surface area contributed by atoms with E-state index in [0.717, 1.165) is 18.2 Å². The molecule has 0 spiro atoms. The van der Waals surface area contributed by atoms with Crippen LogP contribution in [-0.4, -0.2) is 43.9 Å². The van der Waals surface area contributed by atoms with Gasteiger partial charge in [-0.2, -0.15) is 0 Å². The van der Waals surface area contributed by atoms with Crippen LogP contribution in [0.1, 0.15) is 27.2 Å². The Hall–Kier alpha value is -1.76. The van der Waals surface area contributed by atoms with Crippen molar-refractivity contribution in [3.05, 3.63) is 18.4 Å². The summed E-state index contributed by atoms with van der Waals surface area (Å²) in [6, 6.07) is 3.67. The van der Waals surface area contributed by atoms with E-state index in [-0.39, 0.29) is 11.2 Å². The minimum atomic E-state index is -0.185. The molecular formula is C17H24N4O2S. The highest BCUT2D eigenvalue weighted by Gasteiger charge is 2.29. The van der Waals surface area contributed by atoms with Crippen LogP contribution in [0.4, 0.5) is 0 Å². The number of thioether (sulfide) groups is 1. The maximum Gasteiger partial charge on any atom is 0.235 e. The van der Waals surface area contributed by atoms with Gasteiger partial charge in [-0.1, -0.05) is 25.6 Å². The first-order valence-corrected chi connectivity index (χ1v) is 9.22.